The van der Waals surface area contributed by atoms with E-state index in [9.17, 15) is 0 Å². The SMILES string of the molecule is NCC(Nc1ccccc1Br)c1cc(Cl)ccc1Cl. The first-order valence-corrected chi connectivity index (χ1v) is 7.33. The van der Waals surface area contributed by atoms with Crippen LogP contribution < -0.4 is 11.1 Å². The summed E-state index contributed by atoms with van der Waals surface area (Å²) in [4.78, 5) is 0. The lowest BCUT2D eigenvalue weighted by Crippen LogP contribution is -2.21. The van der Waals surface area contributed by atoms with E-state index in [-0.39, 0.29) is 6.04 Å². The van der Waals surface area contributed by atoms with Gasteiger partial charge in [0.1, 0.15) is 0 Å². The van der Waals surface area contributed by atoms with Crippen LogP contribution in [-0.2, 0) is 0 Å². The minimum Gasteiger partial charge on any atom is -0.376 e. The van der Waals surface area contributed by atoms with Gasteiger partial charge in [-0.2, -0.15) is 0 Å². The molecule has 0 fully saturated rings. The molecule has 2 nitrogen and oxygen atoms in total. The molecule has 0 aliphatic rings. The Morgan fingerprint density at radius 1 is 1.16 bits per heavy atom. The van der Waals surface area contributed by atoms with Gasteiger partial charge >= 0.3 is 0 Å². The fourth-order valence-electron chi connectivity index (χ4n) is 1.81. The van der Waals surface area contributed by atoms with Gasteiger partial charge in [0.05, 0.1) is 6.04 Å². The van der Waals surface area contributed by atoms with Gasteiger partial charge in [-0.1, -0.05) is 35.3 Å². The lowest BCUT2D eigenvalue weighted by molar-refractivity contribution is 0.789. The first kappa shape index (κ1) is 14.7. The summed E-state index contributed by atoms with van der Waals surface area (Å²) in [6.07, 6.45) is 0. The number of para-hydroxylation sites is 1. The Balaban J connectivity index is 2.30. The van der Waals surface area contributed by atoms with Crippen molar-refractivity contribution in [1.29, 1.82) is 0 Å². The van der Waals surface area contributed by atoms with Crippen LogP contribution in [0.1, 0.15) is 11.6 Å². The summed E-state index contributed by atoms with van der Waals surface area (Å²) in [5.41, 5.74) is 7.70. The van der Waals surface area contributed by atoms with Gasteiger partial charge in [0, 0.05) is 26.8 Å². The van der Waals surface area contributed by atoms with Crippen molar-refractivity contribution in [2.75, 3.05) is 11.9 Å². The van der Waals surface area contributed by atoms with Crippen molar-refractivity contribution in [3.8, 4) is 0 Å². The molecule has 3 N–H and O–H groups in total. The van der Waals surface area contributed by atoms with Gasteiger partial charge in [-0.25, -0.2) is 0 Å². The zero-order valence-corrected chi connectivity index (χ0v) is 13.1. The summed E-state index contributed by atoms with van der Waals surface area (Å²) < 4.78 is 0.978. The summed E-state index contributed by atoms with van der Waals surface area (Å²) in [6.45, 7) is 0.418. The molecule has 0 aliphatic carbocycles. The fraction of sp³-hybridized carbons (Fsp3) is 0.143. The largest absolute Gasteiger partial charge is 0.376 e. The zero-order valence-electron chi connectivity index (χ0n) is 10.0. The first-order chi connectivity index (χ1) is 9.11. The van der Waals surface area contributed by atoms with Gasteiger partial charge in [0.2, 0.25) is 0 Å². The molecule has 0 radical (unpaired) electrons. The molecule has 0 aliphatic heterocycles. The van der Waals surface area contributed by atoms with E-state index in [2.05, 4.69) is 21.2 Å². The maximum atomic E-state index is 6.21. The predicted octanol–water partition coefficient (Wildman–Crippen LogP) is 4.87. The highest BCUT2D eigenvalue weighted by Crippen LogP contribution is 2.30. The molecule has 100 valence electrons. The lowest BCUT2D eigenvalue weighted by atomic mass is 10.1. The quantitative estimate of drug-likeness (QED) is 0.817. The lowest BCUT2D eigenvalue weighted by Gasteiger charge is -2.21. The number of hydrogen-bond acceptors (Lipinski definition) is 2. The zero-order chi connectivity index (χ0) is 13.8. The molecule has 0 heterocycles. The van der Waals surface area contributed by atoms with Crippen LogP contribution >= 0.6 is 39.1 Å². The molecule has 0 saturated carbocycles. The van der Waals surface area contributed by atoms with E-state index in [1.165, 1.54) is 0 Å². The molecule has 0 spiro atoms. The molecular weight excluding hydrogens is 347 g/mol. The van der Waals surface area contributed by atoms with Crippen LogP contribution in [0.3, 0.4) is 0 Å². The van der Waals surface area contributed by atoms with E-state index >= 15 is 0 Å². The van der Waals surface area contributed by atoms with Gasteiger partial charge < -0.3 is 11.1 Å². The van der Waals surface area contributed by atoms with Gasteiger partial charge in [0.15, 0.2) is 0 Å². The summed E-state index contributed by atoms with van der Waals surface area (Å²) in [5, 5.41) is 4.66. The molecule has 2 aromatic carbocycles. The fourth-order valence-corrected chi connectivity index (χ4v) is 2.64. The molecule has 0 saturated heterocycles. The topological polar surface area (TPSA) is 38.0 Å². The smallest absolute Gasteiger partial charge is 0.0651 e. The van der Waals surface area contributed by atoms with Crippen molar-refractivity contribution >= 4 is 44.8 Å². The Morgan fingerprint density at radius 3 is 2.58 bits per heavy atom. The van der Waals surface area contributed by atoms with Crippen molar-refractivity contribution in [3.05, 3.63) is 62.5 Å². The molecule has 0 amide bonds. The summed E-state index contributed by atoms with van der Waals surface area (Å²) in [7, 11) is 0. The predicted molar refractivity (Wildman–Crippen MR) is 86.0 cm³/mol. The highest BCUT2D eigenvalue weighted by molar-refractivity contribution is 9.10. The van der Waals surface area contributed by atoms with E-state index < -0.39 is 0 Å². The molecule has 2 rings (SSSR count). The molecular formula is C14H13BrCl2N2. The highest BCUT2D eigenvalue weighted by Gasteiger charge is 2.14. The van der Waals surface area contributed by atoms with Crippen LogP contribution in [0.5, 0.6) is 0 Å². The average Bonchev–Trinajstić information content (AvgIpc) is 2.41. The van der Waals surface area contributed by atoms with Crippen LogP contribution in [0.4, 0.5) is 5.69 Å². The molecule has 5 heteroatoms. The minimum atomic E-state index is -0.0927. The van der Waals surface area contributed by atoms with Crippen molar-refractivity contribution in [2.45, 2.75) is 6.04 Å². The van der Waals surface area contributed by atoms with Crippen LogP contribution in [0, 0.1) is 0 Å². The average molecular weight is 360 g/mol. The monoisotopic (exact) mass is 358 g/mol. The first-order valence-electron chi connectivity index (χ1n) is 5.78. The van der Waals surface area contributed by atoms with Gasteiger partial charge in [-0.05, 0) is 51.8 Å². The number of hydrogen-bond donors (Lipinski definition) is 2. The van der Waals surface area contributed by atoms with E-state index in [1.807, 2.05) is 30.3 Å². The molecule has 1 unspecified atom stereocenters. The Hall–Kier alpha value is -0.740. The highest BCUT2D eigenvalue weighted by atomic mass is 79.9. The molecule has 1 atom stereocenters. The Bertz CT molecular complexity index is 575. The molecule has 0 bridgehead atoms. The van der Waals surface area contributed by atoms with Crippen LogP contribution in [0.15, 0.2) is 46.9 Å². The summed E-state index contributed by atoms with van der Waals surface area (Å²) in [6, 6.07) is 13.2. The summed E-state index contributed by atoms with van der Waals surface area (Å²) >= 11 is 15.7. The third-order valence-electron chi connectivity index (χ3n) is 2.77. The standard InChI is InChI=1S/C14H13BrCl2N2/c15-11-3-1-2-4-13(11)19-14(8-18)10-7-9(16)5-6-12(10)17/h1-7,14,19H,8,18H2. The second kappa shape index (κ2) is 6.62. The van der Waals surface area contributed by atoms with Crippen LogP contribution in [-0.4, -0.2) is 6.54 Å². The van der Waals surface area contributed by atoms with Gasteiger partial charge in [0.25, 0.3) is 0 Å². The minimum absolute atomic E-state index is 0.0927. The van der Waals surface area contributed by atoms with Gasteiger partial charge in [-0.15, -0.1) is 0 Å². The van der Waals surface area contributed by atoms with Crippen molar-refractivity contribution in [2.24, 2.45) is 5.73 Å². The summed E-state index contributed by atoms with van der Waals surface area (Å²) in [5.74, 6) is 0. The third-order valence-corrected chi connectivity index (χ3v) is 4.04. The second-order valence-corrected chi connectivity index (χ2v) is 5.78. The number of nitrogens with two attached hydrogens (primary N) is 1. The Kier molecular flexibility index (Phi) is 5.11. The van der Waals surface area contributed by atoms with Crippen molar-refractivity contribution < 1.29 is 0 Å². The van der Waals surface area contributed by atoms with Gasteiger partial charge in [-0.3, -0.25) is 0 Å². The van der Waals surface area contributed by atoms with Crippen LogP contribution in [0.2, 0.25) is 10.0 Å². The number of halogens is 3. The molecule has 19 heavy (non-hydrogen) atoms. The Labute approximate surface area is 131 Å². The van der Waals surface area contributed by atoms with E-state index in [1.54, 1.807) is 12.1 Å². The van der Waals surface area contributed by atoms with E-state index in [4.69, 9.17) is 28.9 Å². The third kappa shape index (κ3) is 3.63. The van der Waals surface area contributed by atoms with E-state index in [0.29, 0.717) is 16.6 Å². The van der Waals surface area contributed by atoms with E-state index in [0.717, 1.165) is 15.7 Å². The number of anilines is 1. The molecule has 2 aromatic rings. The normalized spacial score (nSPS) is 12.2. The number of nitrogens with one attached hydrogen (secondary N) is 1. The molecule has 0 aromatic heterocycles. The van der Waals surface area contributed by atoms with Crippen LogP contribution in [0.25, 0.3) is 0 Å². The number of benzene rings is 2. The van der Waals surface area contributed by atoms with Crippen molar-refractivity contribution in [1.82, 2.24) is 0 Å². The second-order valence-electron chi connectivity index (χ2n) is 4.08. The Morgan fingerprint density at radius 2 is 1.89 bits per heavy atom. The number of rotatable bonds is 4. The maximum Gasteiger partial charge on any atom is 0.0651 e. The van der Waals surface area contributed by atoms with Crippen molar-refractivity contribution in [3.63, 3.8) is 0 Å². The maximum absolute atomic E-state index is 6.21.